The van der Waals surface area contributed by atoms with Gasteiger partial charge in [0.1, 0.15) is 5.75 Å². The van der Waals surface area contributed by atoms with Gasteiger partial charge in [-0.1, -0.05) is 52.0 Å². The van der Waals surface area contributed by atoms with Crippen molar-refractivity contribution >= 4 is 5.57 Å². The molecule has 0 aromatic heterocycles. The SMILES string of the molecule is CC(C)c1cc2c(cc1O)C1=CC=CC(C)(C)[C@@H]1CC2. The molecule has 2 aliphatic carbocycles. The maximum atomic E-state index is 10.3. The molecule has 0 radical (unpaired) electrons. The van der Waals surface area contributed by atoms with E-state index in [9.17, 15) is 5.11 Å². The van der Waals surface area contributed by atoms with Gasteiger partial charge in [0.2, 0.25) is 0 Å². The minimum Gasteiger partial charge on any atom is -0.508 e. The van der Waals surface area contributed by atoms with Crippen molar-refractivity contribution < 1.29 is 5.11 Å². The van der Waals surface area contributed by atoms with E-state index < -0.39 is 0 Å². The Labute approximate surface area is 122 Å². The first-order valence-corrected chi connectivity index (χ1v) is 7.65. The Balaban J connectivity index is 2.13. The second-order valence-electron chi connectivity index (χ2n) is 7.12. The first-order chi connectivity index (χ1) is 9.40. The van der Waals surface area contributed by atoms with Crippen LogP contribution in [0.25, 0.3) is 5.57 Å². The average Bonchev–Trinajstić information content (AvgIpc) is 2.37. The van der Waals surface area contributed by atoms with Gasteiger partial charge in [0, 0.05) is 0 Å². The van der Waals surface area contributed by atoms with Crippen LogP contribution < -0.4 is 0 Å². The van der Waals surface area contributed by atoms with Gasteiger partial charge < -0.3 is 5.11 Å². The number of phenols is 1. The van der Waals surface area contributed by atoms with Gasteiger partial charge in [0.05, 0.1) is 0 Å². The fraction of sp³-hybridized carbons (Fsp3) is 0.474. The summed E-state index contributed by atoms with van der Waals surface area (Å²) in [6, 6.07) is 4.22. The second-order valence-corrected chi connectivity index (χ2v) is 7.12. The monoisotopic (exact) mass is 268 g/mol. The Bertz CT molecular complexity index is 602. The van der Waals surface area contributed by atoms with E-state index in [4.69, 9.17) is 0 Å². The molecule has 20 heavy (non-hydrogen) atoms. The van der Waals surface area contributed by atoms with Gasteiger partial charge >= 0.3 is 0 Å². The molecular weight excluding hydrogens is 244 g/mol. The van der Waals surface area contributed by atoms with Crippen LogP contribution in [0.5, 0.6) is 5.75 Å². The third-order valence-corrected chi connectivity index (χ3v) is 4.96. The van der Waals surface area contributed by atoms with Crippen LogP contribution in [0.3, 0.4) is 0 Å². The summed E-state index contributed by atoms with van der Waals surface area (Å²) in [7, 11) is 0. The lowest BCUT2D eigenvalue weighted by atomic mass is 9.64. The first kappa shape index (κ1) is 13.5. The lowest BCUT2D eigenvalue weighted by molar-refractivity contribution is 0.326. The van der Waals surface area contributed by atoms with Crippen molar-refractivity contribution in [1.82, 2.24) is 0 Å². The molecule has 1 aromatic carbocycles. The van der Waals surface area contributed by atoms with E-state index in [1.54, 1.807) is 0 Å². The lowest BCUT2D eigenvalue weighted by Crippen LogP contribution is -2.28. The highest BCUT2D eigenvalue weighted by Gasteiger charge is 2.36. The molecule has 0 heterocycles. The predicted molar refractivity (Wildman–Crippen MR) is 84.9 cm³/mol. The summed E-state index contributed by atoms with van der Waals surface area (Å²) in [5.74, 6) is 1.40. The number of allylic oxidation sites excluding steroid dienone is 4. The molecule has 0 saturated heterocycles. The fourth-order valence-electron chi connectivity index (χ4n) is 3.73. The van der Waals surface area contributed by atoms with Crippen LogP contribution >= 0.6 is 0 Å². The number of fused-ring (bicyclic) bond motifs is 3. The highest BCUT2D eigenvalue weighted by molar-refractivity contribution is 5.76. The maximum absolute atomic E-state index is 10.3. The van der Waals surface area contributed by atoms with Crippen LogP contribution in [0.1, 0.15) is 56.7 Å². The lowest BCUT2D eigenvalue weighted by Gasteiger charge is -2.40. The zero-order chi connectivity index (χ0) is 14.5. The van der Waals surface area contributed by atoms with Crippen molar-refractivity contribution in [2.45, 2.75) is 46.5 Å². The maximum Gasteiger partial charge on any atom is 0.119 e. The normalized spacial score (nSPS) is 23.2. The summed E-state index contributed by atoms with van der Waals surface area (Å²) in [6.45, 7) is 8.90. The Morgan fingerprint density at radius 2 is 2.00 bits per heavy atom. The molecular formula is C19H24O. The first-order valence-electron chi connectivity index (χ1n) is 7.65. The molecule has 0 aliphatic heterocycles. The van der Waals surface area contributed by atoms with E-state index in [1.807, 2.05) is 6.07 Å². The molecule has 106 valence electrons. The Morgan fingerprint density at radius 3 is 2.70 bits per heavy atom. The van der Waals surface area contributed by atoms with E-state index >= 15 is 0 Å². The van der Waals surface area contributed by atoms with Gasteiger partial charge in [-0.2, -0.15) is 0 Å². The molecule has 0 unspecified atom stereocenters. The molecule has 1 aromatic rings. The minimum absolute atomic E-state index is 0.216. The van der Waals surface area contributed by atoms with E-state index in [2.05, 4.69) is 52.0 Å². The molecule has 0 bridgehead atoms. The number of phenolic OH excluding ortho intramolecular Hbond substituents is 1. The molecule has 1 heteroatoms. The zero-order valence-electron chi connectivity index (χ0n) is 12.9. The molecule has 3 rings (SSSR count). The minimum atomic E-state index is 0.216. The topological polar surface area (TPSA) is 20.2 Å². The van der Waals surface area contributed by atoms with E-state index in [-0.39, 0.29) is 5.41 Å². The van der Waals surface area contributed by atoms with Crippen LogP contribution in [-0.2, 0) is 6.42 Å². The fourth-order valence-corrected chi connectivity index (χ4v) is 3.73. The van der Waals surface area contributed by atoms with Gasteiger partial charge in [-0.3, -0.25) is 0 Å². The Morgan fingerprint density at radius 1 is 1.25 bits per heavy atom. The van der Waals surface area contributed by atoms with Crippen LogP contribution in [0, 0.1) is 11.3 Å². The standard InChI is InChI=1S/C19H24O/c1-12(2)15-10-13-7-8-17-14(16(13)11-18(15)20)6-5-9-19(17,3)4/h5-6,9-12,17,20H,7-8H2,1-4H3/t17-/m1/s1. The molecule has 2 aliphatic rings. The predicted octanol–water partition coefficient (Wildman–Crippen LogP) is 5.06. The number of benzene rings is 1. The summed E-state index contributed by atoms with van der Waals surface area (Å²) < 4.78 is 0. The van der Waals surface area contributed by atoms with Crippen molar-refractivity contribution in [3.8, 4) is 5.75 Å². The van der Waals surface area contributed by atoms with Crippen molar-refractivity contribution in [2.24, 2.45) is 11.3 Å². The van der Waals surface area contributed by atoms with Crippen LogP contribution in [-0.4, -0.2) is 5.11 Å². The van der Waals surface area contributed by atoms with Crippen molar-refractivity contribution in [3.05, 3.63) is 47.1 Å². The molecule has 1 N–H and O–H groups in total. The van der Waals surface area contributed by atoms with Crippen molar-refractivity contribution in [3.63, 3.8) is 0 Å². The number of hydrogen-bond donors (Lipinski definition) is 1. The smallest absolute Gasteiger partial charge is 0.119 e. The highest BCUT2D eigenvalue weighted by atomic mass is 16.3. The molecule has 0 amide bonds. The van der Waals surface area contributed by atoms with Crippen LogP contribution in [0.2, 0.25) is 0 Å². The quantitative estimate of drug-likeness (QED) is 0.755. The van der Waals surface area contributed by atoms with Crippen LogP contribution in [0.4, 0.5) is 0 Å². The number of rotatable bonds is 1. The molecule has 0 fully saturated rings. The molecule has 0 spiro atoms. The second kappa shape index (κ2) is 4.51. The molecule has 1 atom stereocenters. The largest absolute Gasteiger partial charge is 0.508 e. The van der Waals surface area contributed by atoms with Gasteiger partial charge in [-0.05, 0) is 58.4 Å². The summed E-state index contributed by atoms with van der Waals surface area (Å²) in [6.07, 6.45) is 9.05. The van der Waals surface area contributed by atoms with Crippen LogP contribution in [0.15, 0.2) is 30.4 Å². The molecule has 1 nitrogen and oxygen atoms in total. The number of aromatic hydroxyl groups is 1. The van der Waals surface area contributed by atoms with Gasteiger partial charge in [-0.15, -0.1) is 0 Å². The third-order valence-electron chi connectivity index (χ3n) is 4.96. The summed E-state index contributed by atoms with van der Waals surface area (Å²) in [5, 5.41) is 10.3. The van der Waals surface area contributed by atoms with Gasteiger partial charge in [-0.25, -0.2) is 0 Å². The number of aryl methyl sites for hydroxylation is 1. The Kier molecular flexibility index (Phi) is 3.04. The zero-order valence-corrected chi connectivity index (χ0v) is 12.9. The van der Waals surface area contributed by atoms with E-state index in [0.29, 0.717) is 17.6 Å². The Hall–Kier alpha value is -1.50. The third kappa shape index (κ3) is 2.00. The van der Waals surface area contributed by atoms with E-state index in [0.717, 1.165) is 12.0 Å². The van der Waals surface area contributed by atoms with Gasteiger partial charge in [0.25, 0.3) is 0 Å². The average molecular weight is 268 g/mol. The summed E-state index contributed by atoms with van der Waals surface area (Å²) in [4.78, 5) is 0. The summed E-state index contributed by atoms with van der Waals surface area (Å²) in [5.41, 5.74) is 5.37. The van der Waals surface area contributed by atoms with Crippen molar-refractivity contribution in [2.75, 3.05) is 0 Å². The summed E-state index contributed by atoms with van der Waals surface area (Å²) >= 11 is 0. The highest BCUT2D eigenvalue weighted by Crippen LogP contribution is 2.49. The van der Waals surface area contributed by atoms with Crippen molar-refractivity contribution in [1.29, 1.82) is 0 Å². The van der Waals surface area contributed by atoms with Gasteiger partial charge in [0.15, 0.2) is 0 Å². The number of hydrogen-bond acceptors (Lipinski definition) is 1. The molecule has 0 saturated carbocycles. The van der Waals surface area contributed by atoms with E-state index in [1.165, 1.54) is 23.1 Å².